The lowest BCUT2D eigenvalue weighted by Gasteiger charge is -2.36. The standard InChI is InChI=1S/C9H17NS/c1-7-2-3-9(7)10-8-4-5-11-6-8/h7-10H,2-6H2,1H3. The fourth-order valence-corrected chi connectivity index (χ4v) is 3.05. The first kappa shape index (κ1) is 7.93. The van der Waals surface area contributed by atoms with E-state index in [1.807, 2.05) is 0 Å². The highest BCUT2D eigenvalue weighted by atomic mass is 32.2. The minimum Gasteiger partial charge on any atom is -0.310 e. The summed E-state index contributed by atoms with van der Waals surface area (Å²) in [6.45, 7) is 2.36. The molecule has 0 aromatic rings. The predicted molar refractivity (Wildman–Crippen MR) is 51.1 cm³/mol. The fraction of sp³-hybridized carbons (Fsp3) is 1.00. The first-order valence-electron chi connectivity index (χ1n) is 4.70. The van der Waals surface area contributed by atoms with E-state index < -0.39 is 0 Å². The molecule has 0 amide bonds. The van der Waals surface area contributed by atoms with Gasteiger partial charge in [-0.15, -0.1) is 0 Å². The second-order valence-corrected chi connectivity index (χ2v) is 5.04. The van der Waals surface area contributed by atoms with Crippen LogP contribution in [0, 0.1) is 5.92 Å². The molecule has 1 nitrogen and oxygen atoms in total. The molecule has 3 unspecified atom stereocenters. The average molecular weight is 171 g/mol. The maximum Gasteiger partial charge on any atom is 0.0168 e. The maximum atomic E-state index is 3.74. The molecule has 3 atom stereocenters. The second kappa shape index (κ2) is 3.36. The molecule has 0 aromatic carbocycles. The Morgan fingerprint density at radius 2 is 2.18 bits per heavy atom. The Morgan fingerprint density at radius 3 is 2.64 bits per heavy atom. The van der Waals surface area contributed by atoms with Crippen molar-refractivity contribution in [2.24, 2.45) is 5.92 Å². The van der Waals surface area contributed by atoms with Gasteiger partial charge in [0.1, 0.15) is 0 Å². The molecular weight excluding hydrogens is 154 g/mol. The van der Waals surface area contributed by atoms with E-state index in [-0.39, 0.29) is 0 Å². The molecule has 1 heterocycles. The first-order valence-corrected chi connectivity index (χ1v) is 5.85. The summed E-state index contributed by atoms with van der Waals surface area (Å²) in [5.74, 6) is 3.67. The monoisotopic (exact) mass is 171 g/mol. The van der Waals surface area contributed by atoms with Crippen LogP contribution in [-0.2, 0) is 0 Å². The summed E-state index contributed by atoms with van der Waals surface area (Å²) >= 11 is 2.10. The van der Waals surface area contributed by atoms with E-state index >= 15 is 0 Å². The van der Waals surface area contributed by atoms with E-state index in [0.717, 1.165) is 18.0 Å². The molecule has 11 heavy (non-hydrogen) atoms. The SMILES string of the molecule is CC1CCC1NC1CCSC1. The summed E-state index contributed by atoms with van der Waals surface area (Å²) < 4.78 is 0. The van der Waals surface area contributed by atoms with Gasteiger partial charge in [0, 0.05) is 17.8 Å². The Bertz CT molecular complexity index is 132. The topological polar surface area (TPSA) is 12.0 Å². The summed E-state index contributed by atoms with van der Waals surface area (Å²) in [5, 5.41) is 3.74. The zero-order valence-electron chi connectivity index (χ0n) is 7.18. The lowest BCUT2D eigenvalue weighted by Crippen LogP contribution is -2.47. The van der Waals surface area contributed by atoms with Crippen LogP contribution in [0.2, 0.25) is 0 Å². The lowest BCUT2D eigenvalue weighted by atomic mass is 9.81. The number of nitrogens with one attached hydrogen (secondary N) is 1. The molecule has 1 aliphatic carbocycles. The molecule has 0 aromatic heterocycles. The van der Waals surface area contributed by atoms with Crippen LogP contribution < -0.4 is 5.32 Å². The van der Waals surface area contributed by atoms with Crippen LogP contribution in [0.25, 0.3) is 0 Å². The van der Waals surface area contributed by atoms with Crippen LogP contribution in [-0.4, -0.2) is 23.6 Å². The molecule has 1 aliphatic heterocycles. The summed E-state index contributed by atoms with van der Waals surface area (Å²) in [7, 11) is 0. The average Bonchev–Trinajstić information content (AvgIpc) is 2.49. The van der Waals surface area contributed by atoms with Crippen LogP contribution in [0.1, 0.15) is 26.2 Å². The largest absolute Gasteiger partial charge is 0.310 e. The molecule has 2 rings (SSSR count). The van der Waals surface area contributed by atoms with Gasteiger partial charge < -0.3 is 5.32 Å². The summed E-state index contributed by atoms with van der Waals surface area (Å²) in [6.07, 6.45) is 4.26. The molecule has 2 aliphatic rings. The van der Waals surface area contributed by atoms with Gasteiger partial charge in [-0.05, 0) is 30.9 Å². The van der Waals surface area contributed by atoms with E-state index in [1.165, 1.54) is 30.8 Å². The maximum absolute atomic E-state index is 3.74. The van der Waals surface area contributed by atoms with Crippen LogP contribution in [0.4, 0.5) is 0 Å². The Kier molecular flexibility index (Phi) is 2.42. The van der Waals surface area contributed by atoms with Crippen molar-refractivity contribution >= 4 is 11.8 Å². The number of thioether (sulfide) groups is 1. The Labute approximate surface area is 73.3 Å². The van der Waals surface area contributed by atoms with E-state index in [0.29, 0.717) is 0 Å². The molecule has 2 fully saturated rings. The van der Waals surface area contributed by atoms with Crippen LogP contribution >= 0.6 is 11.8 Å². The first-order chi connectivity index (χ1) is 5.36. The molecule has 64 valence electrons. The van der Waals surface area contributed by atoms with Crippen LogP contribution in [0.5, 0.6) is 0 Å². The highest BCUT2D eigenvalue weighted by Gasteiger charge is 2.29. The molecule has 1 N–H and O–H groups in total. The number of hydrogen-bond donors (Lipinski definition) is 1. The Hall–Kier alpha value is 0.310. The van der Waals surface area contributed by atoms with Crippen molar-refractivity contribution in [3.8, 4) is 0 Å². The van der Waals surface area contributed by atoms with E-state index in [4.69, 9.17) is 0 Å². The Morgan fingerprint density at radius 1 is 1.27 bits per heavy atom. The molecule has 2 heteroatoms. The summed E-state index contributed by atoms with van der Waals surface area (Å²) in [5.41, 5.74) is 0. The van der Waals surface area contributed by atoms with Crippen molar-refractivity contribution in [1.29, 1.82) is 0 Å². The van der Waals surface area contributed by atoms with Gasteiger partial charge in [0.25, 0.3) is 0 Å². The molecule has 0 spiro atoms. The third-order valence-corrected chi connectivity index (χ3v) is 4.16. The molecular formula is C9H17NS. The number of rotatable bonds is 2. The van der Waals surface area contributed by atoms with Gasteiger partial charge in [-0.3, -0.25) is 0 Å². The van der Waals surface area contributed by atoms with E-state index in [2.05, 4.69) is 24.0 Å². The van der Waals surface area contributed by atoms with Crippen molar-refractivity contribution in [3.63, 3.8) is 0 Å². The molecule has 0 bridgehead atoms. The zero-order valence-corrected chi connectivity index (χ0v) is 7.99. The van der Waals surface area contributed by atoms with Gasteiger partial charge in [0.05, 0.1) is 0 Å². The van der Waals surface area contributed by atoms with Crippen molar-refractivity contribution < 1.29 is 0 Å². The van der Waals surface area contributed by atoms with Gasteiger partial charge in [-0.25, -0.2) is 0 Å². The summed E-state index contributed by atoms with van der Waals surface area (Å²) in [6, 6.07) is 1.70. The third-order valence-electron chi connectivity index (χ3n) is 3.00. The zero-order chi connectivity index (χ0) is 7.68. The van der Waals surface area contributed by atoms with E-state index in [9.17, 15) is 0 Å². The highest BCUT2D eigenvalue weighted by Crippen LogP contribution is 2.28. The van der Waals surface area contributed by atoms with Gasteiger partial charge in [-0.2, -0.15) is 11.8 Å². The quantitative estimate of drug-likeness (QED) is 0.681. The van der Waals surface area contributed by atoms with Gasteiger partial charge >= 0.3 is 0 Å². The molecule has 1 saturated carbocycles. The minimum absolute atomic E-state index is 0.841. The van der Waals surface area contributed by atoms with Crippen molar-refractivity contribution in [1.82, 2.24) is 5.32 Å². The van der Waals surface area contributed by atoms with Gasteiger partial charge in [0.15, 0.2) is 0 Å². The van der Waals surface area contributed by atoms with Crippen molar-refractivity contribution in [3.05, 3.63) is 0 Å². The highest BCUT2D eigenvalue weighted by molar-refractivity contribution is 7.99. The van der Waals surface area contributed by atoms with E-state index in [1.54, 1.807) is 0 Å². The molecule has 1 saturated heterocycles. The van der Waals surface area contributed by atoms with Crippen LogP contribution in [0.3, 0.4) is 0 Å². The van der Waals surface area contributed by atoms with Gasteiger partial charge in [0.2, 0.25) is 0 Å². The van der Waals surface area contributed by atoms with Gasteiger partial charge in [-0.1, -0.05) is 6.92 Å². The minimum atomic E-state index is 0.841. The third kappa shape index (κ3) is 1.73. The fourth-order valence-electron chi connectivity index (χ4n) is 1.88. The lowest BCUT2D eigenvalue weighted by molar-refractivity contribution is 0.214. The van der Waals surface area contributed by atoms with Crippen molar-refractivity contribution in [2.75, 3.05) is 11.5 Å². The Balaban J connectivity index is 1.72. The number of hydrogen-bond acceptors (Lipinski definition) is 2. The second-order valence-electron chi connectivity index (χ2n) is 3.89. The van der Waals surface area contributed by atoms with Crippen LogP contribution in [0.15, 0.2) is 0 Å². The normalized spacial score (nSPS) is 43.9. The summed E-state index contributed by atoms with van der Waals surface area (Å²) in [4.78, 5) is 0. The smallest absolute Gasteiger partial charge is 0.0168 e. The molecule has 0 radical (unpaired) electrons. The predicted octanol–water partition coefficient (Wildman–Crippen LogP) is 1.88. The van der Waals surface area contributed by atoms with Crippen molar-refractivity contribution in [2.45, 2.75) is 38.3 Å².